The van der Waals surface area contributed by atoms with E-state index >= 15 is 0 Å². The summed E-state index contributed by atoms with van der Waals surface area (Å²) in [5.41, 5.74) is 0. The van der Waals surface area contributed by atoms with Crippen LogP contribution in [0, 0.1) is 5.92 Å². The molecule has 100 valence electrons. The highest BCUT2D eigenvalue weighted by Gasteiger charge is 2.40. The van der Waals surface area contributed by atoms with Crippen molar-refractivity contribution in [1.29, 1.82) is 0 Å². The first-order valence-electron chi connectivity index (χ1n) is 6.29. The molecule has 3 rings (SSSR count). The van der Waals surface area contributed by atoms with E-state index in [0.29, 0.717) is 25.0 Å². The normalized spacial score (nSPS) is 29.4. The highest BCUT2D eigenvalue weighted by atomic mass is 32.2. The molecule has 0 amide bonds. The Hall–Kier alpha value is -0.920. The molecular formula is C11H18N4O2S. The van der Waals surface area contributed by atoms with E-state index in [1.807, 2.05) is 0 Å². The first kappa shape index (κ1) is 12.1. The van der Waals surface area contributed by atoms with E-state index in [2.05, 4.69) is 10.3 Å². The van der Waals surface area contributed by atoms with Crippen LogP contribution in [0.15, 0.2) is 17.6 Å². The molecule has 1 aromatic rings. The van der Waals surface area contributed by atoms with Crippen molar-refractivity contribution in [2.45, 2.75) is 23.9 Å². The first-order valence-corrected chi connectivity index (χ1v) is 7.73. The fraction of sp³-hybridized carbons (Fsp3) is 0.727. The van der Waals surface area contributed by atoms with Gasteiger partial charge in [-0.3, -0.25) is 0 Å². The van der Waals surface area contributed by atoms with Gasteiger partial charge in [0.05, 0.1) is 6.33 Å². The number of aromatic nitrogens is 2. The molecule has 1 aromatic heterocycles. The summed E-state index contributed by atoms with van der Waals surface area (Å²) in [6.45, 7) is 2.19. The molecule has 0 aromatic carbocycles. The fourth-order valence-corrected chi connectivity index (χ4v) is 4.35. The SMILES string of the molecule is Cn1cnc(S(=O)(=O)N2C[C@@H]3CCCN[C@@H]3C2)c1. The van der Waals surface area contributed by atoms with Gasteiger partial charge in [0.2, 0.25) is 0 Å². The molecule has 0 aliphatic carbocycles. The molecule has 6 nitrogen and oxygen atoms in total. The van der Waals surface area contributed by atoms with Crippen LogP contribution in [0.3, 0.4) is 0 Å². The topological polar surface area (TPSA) is 67.2 Å². The maximum Gasteiger partial charge on any atom is 0.262 e. The molecule has 2 atom stereocenters. The van der Waals surface area contributed by atoms with Gasteiger partial charge in [-0.1, -0.05) is 0 Å². The lowest BCUT2D eigenvalue weighted by molar-refractivity contribution is 0.339. The minimum atomic E-state index is -3.41. The van der Waals surface area contributed by atoms with Crippen molar-refractivity contribution in [3.05, 3.63) is 12.5 Å². The Kier molecular flexibility index (Phi) is 2.91. The average Bonchev–Trinajstić information content (AvgIpc) is 2.94. The van der Waals surface area contributed by atoms with Crippen LogP contribution in [0.1, 0.15) is 12.8 Å². The molecule has 0 spiro atoms. The largest absolute Gasteiger partial charge is 0.339 e. The number of nitrogens with zero attached hydrogens (tertiary/aromatic N) is 3. The second kappa shape index (κ2) is 4.32. The highest BCUT2D eigenvalue weighted by Crippen LogP contribution is 2.28. The summed E-state index contributed by atoms with van der Waals surface area (Å²) >= 11 is 0. The van der Waals surface area contributed by atoms with E-state index in [1.165, 1.54) is 6.33 Å². The molecule has 1 N–H and O–H groups in total. The number of hydrogen-bond acceptors (Lipinski definition) is 4. The fourth-order valence-electron chi connectivity index (χ4n) is 2.86. The highest BCUT2D eigenvalue weighted by molar-refractivity contribution is 7.89. The predicted octanol–water partition coefficient (Wildman–Crippen LogP) is -0.207. The van der Waals surface area contributed by atoms with Gasteiger partial charge < -0.3 is 9.88 Å². The monoisotopic (exact) mass is 270 g/mol. The number of rotatable bonds is 2. The van der Waals surface area contributed by atoms with Gasteiger partial charge in [-0.15, -0.1) is 0 Å². The van der Waals surface area contributed by atoms with Gasteiger partial charge in [0.25, 0.3) is 10.0 Å². The molecule has 0 saturated carbocycles. The van der Waals surface area contributed by atoms with Crippen molar-refractivity contribution < 1.29 is 8.42 Å². The Labute approximate surface area is 107 Å². The molecular weight excluding hydrogens is 252 g/mol. The van der Waals surface area contributed by atoms with E-state index in [1.54, 1.807) is 22.1 Å². The van der Waals surface area contributed by atoms with Crippen molar-refractivity contribution in [2.24, 2.45) is 13.0 Å². The van der Waals surface area contributed by atoms with Gasteiger partial charge in [0.1, 0.15) is 0 Å². The lowest BCUT2D eigenvalue weighted by atomic mass is 9.94. The third kappa shape index (κ3) is 1.96. The van der Waals surface area contributed by atoms with Crippen LogP contribution in [0.25, 0.3) is 0 Å². The van der Waals surface area contributed by atoms with E-state index in [4.69, 9.17) is 0 Å². The van der Waals surface area contributed by atoms with Crippen LogP contribution in [-0.4, -0.2) is 48.0 Å². The zero-order valence-electron chi connectivity index (χ0n) is 10.4. The van der Waals surface area contributed by atoms with Gasteiger partial charge in [0, 0.05) is 32.4 Å². The van der Waals surface area contributed by atoms with Gasteiger partial charge in [-0.25, -0.2) is 13.4 Å². The van der Waals surface area contributed by atoms with E-state index in [9.17, 15) is 8.42 Å². The number of fused-ring (bicyclic) bond motifs is 1. The lowest BCUT2D eigenvalue weighted by Gasteiger charge is -2.24. The summed E-state index contributed by atoms with van der Waals surface area (Å²) in [4.78, 5) is 3.96. The average molecular weight is 270 g/mol. The van der Waals surface area contributed by atoms with E-state index in [-0.39, 0.29) is 5.03 Å². The molecule has 7 heteroatoms. The molecule has 2 saturated heterocycles. The number of nitrogens with one attached hydrogen (secondary N) is 1. The number of piperidine rings is 1. The van der Waals surface area contributed by atoms with E-state index in [0.717, 1.165) is 19.4 Å². The summed E-state index contributed by atoms with van der Waals surface area (Å²) in [6.07, 6.45) is 5.34. The summed E-state index contributed by atoms with van der Waals surface area (Å²) in [7, 11) is -1.64. The Morgan fingerprint density at radius 3 is 2.94 bits per heavy atom. The van der Waals surface area contributed by atoms with Gasteiger partial charge in [-0.05, 0) is 25.3 Å². The Balaban J connectivity index is 1.83. The molecule has 0 unspecified atom stereocenters. The number of hydrogen-bond donors (Lipinski definition) is 1. The summed E-state index contributed by atoms with van der Waals surface area (Å²) in [5.74, 6) is 0.456. The van der Waals surface area contributed by atoms with Crippen LogP contribution in [-0.2, 0) is 17.1 Å². The third-order valence-corrected chi connectivity index (χ3v) is 5.57. The van der Waals surface area contributed by atoms with Crippen molar-refractivity contribution in [3.8, 4) is 0 Å². The van der Waals surface area contributed by atoms with Crippen molar-refractivity contribution >= 4 is 10.0 Å². The standard InChI is InChI=1S/C11H18N4O2S/c1-14-7-11(13-8-14)18(16,17)15-5-9-3-2-4-12-10(9)6-15/h7-10,12H,2-6H2,1H3/t9-,10+/m0/s1. The van der Waals surface area contributed by atoms with Crippen molar-refractivity contribution in [1.82, 2.24) is 19.2 Å². The summed E-state index contributed by atoms with van der Waals surface area (Å²) in [5, 5.41) is 3.56. The zero-order valence-corrected chi connectivity index (χ0v) is 11.2. The second-order valence-corrected chi connectivity index (χ2v) is 7.05. The van der Waals surface area contributed by atoms with Gasteiger partial charge in [0.15, 0.2) is 5.03 Å². The Morgan fingerprint density at radius 1 is 1.44 bits per heavy atom. The van der Waals surface area contributed by atoms with Crippen LogP contribution in [0.4, 0.5) is 0 Å². The molecule has 2 fully saturated rings. The number of sulfonamides is 1. The number of aryl methyl sites for hydroxylation is 1. The van der Waals surface area contributed by atoms with Gasteiger partial charge >= 0.3 is 0 Å². The van der Waals surface area contributed by atoms with Crippen LogP contribution >= 0.6 is 0 Å². The second-order valence-electron chi connectivity index (χ2n) is 5.16. The molecule has 0 bridgehead atoms. The quantitative estimate of drug-likeness (QED) is 0.807. The van der Waals surface area contributed by atoms with Crippen LogP contribution in [0.2, 0.25) is 0 Å². The Morgan fingerprint density at radius 2 is 2.28 bits per heavy atom. The molecule has 18 heavy (non-hydrogen) atoms. The molecule has 3 heterocycles. The summed E-state index contributed by atoms with van der Waals surface area (Å²) in [6, 6.07) is 0.317. The zero-order chi connectivity index (χ0) is 12.8. The first-order chi connectivity index (χ1) is 8.57. The summed E-state index contributed by atoms with van der Waals surface area (Å²) < 4.78 is 28.1. The minimum Gasteiger partial charge on any atom is -0.339 e. The predicted molar refractivity (Wildman–Crippen MR) is 66.5 cm³/mol. The maximum atomic E-state index is 12.4. The Bertz CT molecular complexity index is 525. The third-order valence-electron chi connectivity index (χ3n) is 3.85. The smallest absolute Gasteiger partial charge is 0.262 e. The van der Waals surface area contributed by atoms with Crippen LogP contribution < -0.4 is 5.32 Å². The molecule has 2 aliphatic heterocycles. The maximum absolute atomic E-state index is 12.4. The van der Waals surface area contributed by atoms with Crippen molar-refractivity contribution in [2.75, 3.05) is 19.6 Å². The molecule has 2 aliphatic rings. The van der Waals surface area contributed by atoms with Crippen molar-refractivity contribution in [3.63, 3.8) is 0 Å². The van der Waals surface area contributed by atoms with E-state index < -0.39 is 10.0 Å². The minimum absolute atomic E-state index is 0.156. The van der Waals surface area contributed by atoms with Gasteiger partial charge in [-0.2, -0.15) is 4.31 Å². The lowest BCUT2D eigenvalue weighted by Crippen LogP contribution is -2.41. The van der Waals surface area contributed by atoms with Crippen LogP contribution in [0.5, 0.6) is 0 Å². The number of imidazole rings is 1. The molecule has 0 radical (unpaired) electrons.